The van der Waals surface area contributed by atoms with Gasteiger partial charge in [0.05, 0.1) is 25.7 Å². The van der Waals surface area contributed by atoms with Crippen molar-refractivity contribution in [3.05, 3.63) is 64.2 Å². The van der Waals surface area contributed by atoms with Crippen LogP contribution in [0, 0.1) is 0 Å². The van der Waals surface area contributed by atoms with Crippen molar-refractivity contribution in [2.45, 2.75) is 48.3 Å². The third kappa shape index (κ3) is 5.37. The molecule has 0 spiro atoms. The lowest BCUT2D eigenvalue weighted by Crippen LogP contribution is -2.31. The average Bonchev–Trinajstić information content (AvgIpc) is 3.30. The molecule has 0 atom stereocenters. The van der Waals surface area contributed by atoms with Gasteiger partial charge >= 0.3 is 0 Å². The number of halogens is 2. The number of nitrogens with zero attached hydrogens (tertiary/aromatic N) is 3. The van der Waals surface area contributed by atoms with Crippen LogP contribution < -0.4 is 15.0 Å². The smallest absolute Gasteiger partial charge is 0.281 e. The van der Waals surface area contributed by atoms with Gasteiger partial charge in [-0.15, -0.1) is 0 Å². The standard InChI is InChI=1S/C27H29F2N3O7S/c1-4-5-9-21-30-24(33)23(26(35)32(21)22-19(38-2)7-6-8-20(22)39-3)40(36,37)18-12-10-17(11-13-18)25(34)31-15-14-27(28,29)16-31/h6-8,10-13,33H,4-5,9,14-16H2,1-3H3. The molecule has 2 heterocycles. The molecular weight excluding hydrogens is 548 g/mol. The minimum absolute atomic E-state index is 0.00470. The molecule has 1 saturated heterocycles. The number of carbonyl (C=O) groups is 1. The fraction of sp³-hybridized carbons (Fsp3) is 0.370. The second-order valence-corrected chi connectivity index (χ2v) is 11.2. The van der Waals surface area contributed by atoms with E-state index >= 15 is 0 Å². The van der Waals surface area contributed by atoms with E-state index in [0.717, 1.165) is 28.0 Å². The van der Waals surface area contributed by atoms with Crippen molar-refractivity contribution >= 4 is 15.7 Å². The number of rotatable bonds is 9. The second kappa shape index (κ2) is 11.2. The highest BCUT2D eigenvalue weighted by atomic mass is 32.2. The molecule has 4 rings (SSSR count). The summed E-state index contributed by atoms with van der Waals surface area (Å²) in [6.45, 7) is 1.08. The van der Waals surface area contributed by atoms with Crippen LogP contribution in [0.25, 0.3) is 5.69 Å². The molecule has 214 valence electrons. The topological polar surface area (TPSA) is 128 Å². The van der Waals surface area contributed by atoms with Gasteiger partial charge in [-0.2, -0.15) is 4.98 Å². The third-order valence-corrected chi connectivity index (χ3v) is 8.40. The number of sulfone groups is 1. The number of aromatic hydroxyl groups is 1. The molecule has 1 fully saturated rings. The Morgan fingerprint density at radius 3 is 2.25 bits per heavy atom. The van der Waals surface area contributed by atoms with Gasteiger partial charge in [0.15, 0.2) is 4.90 Å². The van der Waals surface area contributed by atoms with Gasteiger partial charge < -0.3 is 19.5 Å². The van der Waals surface area contributed by atoms with Crippen molar-refractivity contribution < 1.29 is 36.6 Å². The number of aromatic nitrogens is 2. The Hall–Kier alpha value is -4.00. The average molecular weight is 578 g/mol. The SMILES string of the molecule is CCCCc1nc(O)c(S(=O)(=O)c2ccc(C(=O)N3CCC(F)(F)C3)cc2)c(=O)n1-c1c(OC)cccc1OC. The van der Waals surface area contributed by atoms with E-state index in [1.807, 2.05) is 6.92 Å². The summed E-state index contributed by atoms with van der Waals surface area (Å²) < 4.78 is 66.3. The summed E-state index contributed by atoms with van der Waals surface area (Å²) >= 11 is 0. The lowest BCUT2D eigenvalue weighted by atomic mass is 10.2. The maximum atomic E-state index is 13.9. The first kappa shape index (κ1) is 29.0. The van der Waals surface area contributed by atoms with Crippen molar-refractivity contribution in [2.24, 2.45) is 0 Å². The molecule has 0 bridgehead atoms. The van der Waals surface area contributed by atoms with Crippen LogP contribution in [0.3, 0.4) is 0 Å². The first-order chi connectivity index (χ1) is 18.9. The Bertz CT molecular complexity index is 1570. The first-order valence-corrected chi connectivity index (χ1v) is 14.0. The number of hydrogen-bond donors (Lipinski definition) is 1. The summed E-state index contributed by atoms with van der Waals surface area (Å²) in [6.07, 6.45) is 1.12. The Labute approximate surface area is 229 Å². The van der Waals surface area contributed by atoms with Crippen molar-refractivity contribution in [3.8, 4) is 23.1 Å². The predicted molar refractivity (Wildman–Crippen MR) is 141 cm³/mol. The maximum Gasteiger partial charge on any atom is 0.281 e. The molecule has 0 unspecified atom stereocenters. The number of carbonyl (C=O) groups excluding carboxylic acids is 1. The van der Waals surface area contributed by atoms with E-state index in [2.05, 4.69) is 4.98 Å². The van der Waals surface area contributed by atoms with Gasteiger partial charge in [0.25, 0.3) is 17.4 Å². The summed E-state index contributed by atoms with van der Waals surface area (Å²) in [4.78, 5) is 30.2. The van der Waals surface area contributed by atoms with E-state index in [1.165, 1.54) is 26.4 Å². The van der Waals surface area contributed by atoms with Gasteiger partial charge in [0.2, 0.25) is 15.7 Å². The molecule has 2 aromatic carbocycles. The number of alkyl halides is 2. The summed E-state index contributed by atoms with van der Waals surface area (Å²) in [5.74, 6) is -4.08. The lowest BCUT2D eigenvalue weighted by molar-refractivity contribution is 0.0120. The molecule has 40 heavy (non-hydrogen) atoms. The zero-order valence-electron chi connectivity index (χ0n) is 22.2. The molecule has 0 saturated carbocycles. The first-order valence-electron chi connectivity index (χ1n) is 12.5. The highest BCUT2D eigenvalue weighted by Crippen LogP contribution is 2.34. The number of amides is 1. The van der Waals surface area contributed by atoms with Gasteiger partial charge in [-0.3, -0.25) is 14.2 Å². The maximum absolute atomic E-state index is 13.9. The molecule has 1 aliphatic heterocycles. The van der Waals surface area contributed by atoms with Crippen LogP contribution in [0.2, 0.25) is 0 Å². The fourth-order valence-electron chi connectivity index (χ4n) is 4.54. The number of para-hydroxylation sites is 1. The van der Waals surface area contributed by atoms with E-state index in [4.69, 9.17) is 9.47 Å². The van der Waals surface area contributed by atoms with E-state index in [0.29, 0.717) is 6.42 Å². The number of hydrogen-bond acceptors (Lipinski definition) is 8. The molecule has 3 aromatic rings. The highest BCUT2D eigenvalue weighted by molar-refractivity contribution is 7.91. The van der Waals surface area contributed by atoms with Crippen LogP contribution >= 0.6 is 0 Å². The minimum Gasteiger partial charge on any atom is -0.494 e. The molecule has 0 aliphatic carbocycles. The lowest BCUT2D eigenvalue weighted by Gasteiger charge is -2.19. The monoisotopic (exact) mass is 577 g/mol. The van der Waals surface area contributed by atoms with E-state index in [-0.39, 0.29) is 41.5 Å². The van der Waals surface area contributed by atoms with Gasteiger partial charge in [-0.05, 0) is 42.8 Å². The van der Waals surface area contributed by atoms with Crippen LogP contribution in [0.4, 0.5) is 8.78 Å². The number of ether oxygens (including phenoxy) is 2. The molecule has 1 N–H and O–H groups in total. The van der Waals surface area contributed by atoms with Crippen molar-refractivity contribution in [3.63, 3.8) is 0 Å². The Morgan fingerprint density at radius 1 is 1.10 bits per heavy atom. The van der Waals surface area contributed by atoms with Gasteiger partial charge in [-0.1, -0.05) is 19.4 Å². The molecule has 0 radical (unpaired) electrons. The zero-order valence-corrected chi connectivity index (χ0v) is 23.0. The number of methoxy groups -OCH3 is 2. The van der Waals surface area contributed by atoms with Crippen molar-refractivity contribution in [1.29, 1.82) is 0 Å². The van der Waals surface area contributed by atoms with Crippen molar-refractivity contribution in [2.75, 3.05) is 27.3 Å². The van der Waals surface area contributed by atoms with E-state index in [9.17, 15) is 31.9 Å². The van der Waals surface area contributed by atoms with E-state index in [1.54, 1.807) is 18.2 Å². The molecule has 1 amide bonds. The van der Waals surface area contributed by atoms with Crippen LogP contribution in [0.1, 0.15) is 42.4 Å². The van der Waals surface area contributed by atoms with Gasteiger partial charge in [0.1, 0.15) is 23.0 Å². The molecule has 13 heteroatoms. The summed E-state index contributed by atoms with van der Waals surface area (Å²) in [6, 6.07) is 9.28. The Balaban J connectivity index is 1.83. The van der Waals surface area contributed by atoms with Crippen molar-refractivity contribution in [1.82, 2.24) is 14.5 Å². The highest BCUT2D eigenvalue weighted by Gasteiger charge is 2.40. The van der Waals surface area contributed by atoms with Gasteiger partial charge in [0, 0.05) is 24.9 Å². The van der Waals surface area contributed by atoms with Crippen LogP contribution in [-0.2, 0) is 16.3 Å². The molecule has 1 aliphatic rings. The third-order valence-electron chi connectivity index (χ3n) is 6.61. The van der Waals surface area contributed by atoms with Gasteiger partial charge in [-0.25, -0.2) is 17.2 Å². The minimum atomic E-state index is -4.66. The molecule has 1 aromatic heterocycles. The van der Waals surface area contributed by atoms with E-state index < -0.39 is 55.9 Å². The summed E-state index contributed by atoms with van der Waals surface area (Å²) in [5, 5.41) is 10.7. The number of likely N-dealkylation sites (tertiary alicyclic amines) is 1. The van der Waals surface area contributed by atoms with Crippen LogP contribution in [-0.4, -0.2) is 67.1 Å². The Morgan fingerprint density at radius 2 is 1.73 bits per heavy atom. The van der Waals surface area contributed by atoms with Crippen LogP contribution in [0.5, 0.6) is 17.4 Å². The summed E-state index contributed by atoms with van der Waals surface area (Å²) in [5.41, 5.74) is -0.943. The predicted octanol–water partition coefficient (Wildman–Crippen LogP) is 3.61. The summed E-state index contributed by atoms with van der Waals surface area (Å²) in [7, 11) is -1.90. The second-order valence-electron chi connectivity index (χ2n) is 9.30. The largest absolute Gasteiger partial charge is 0.494 e. The quantitative estimate of drug-likeness (QED) is 0.409. The number of benzene rings is 2. The Kier molecular flexibility index (Phi) is 8.15. The molecule has 10 nitrogen and oxygen atoms in total. The number of unbranched alkanes of at least 4 members (excludes halogenated alkanes) is 1. The normalized spacial score (nSPS) is 14.8. The van der Waals surface area contributed by atoms with Crippen LogP contribution in [0.15, 0.2) is 57.1 Å². The zero-order chi connectivity index (χ0) is 29.2. The molecular formula is C27H29F2N3O7S. The number of aryl methyl sites for hydroxylation is 1. The fourth-order valence-corrected chi connectivity index (χ4v) is 5.88.